The third-order valence-corrected chi connectivity index (χ3v) is 4.15. The zero-order chi connectivity index (χ0) is 16.9. The van der Waals surface area contributed by atoms with Gasteiger partial charge in [-0.15, -0.1) is 10.2 Å². The van der Waals surface area contributed by atoms with E-state index in [1.54, 1.807) is 7.11 Å². The molecule has 0 saturated heterocycles. The van der Waals surface area contributed by atoms with Gasteiger partial charge in [-0.3, -0.25) is 10.1 Å². The third kappa shape index (κ3) is 3.75. The van der Waals surface area contributed by atoms with Gasteiger partial charge in [0.05, 0.1) is 7.11 Å². The number of carbonyl (C=O) groups is 1. The maximum absolute atomic E-state index is 13.2. The van der Waals surface area contributed by atoms with Crippen LogP contribution in [0.4, 0.5) is 9.52 Å². The first-order chi connectivity index (χ1) is 11.7. The smallest absolute Gasteiger partial charge is 0.257 e. The molecule has 0 aliphatic heterocycles. The van der Waals surface area contributed by atoms with Crippen LogP contribution >= 0.6 is 11.3 Å². The fourth-order valence-electron chi connectivity index (χ4n) is 2.19. The zero-order valence-corrected chi connectivity index (χ0v) is 13.6. The van der Waals surface area contributed by atoms with E-state index in [4.69, 9.17) is 4.74 Å². The Bertz CT molecular complexity index is 866. The molecule has 0 spiro atoms. The molecular weight excluding hydrogens is 329 g/mol. The molecule has 2 aromatic carbocycles. The lowest BCUT2D eigenvalue weighted by Gasteiger charge is -2.05. The number of ether oxygens (including phenoxy) is 1. The molecular formula is C17H14FN3O2S. The number of rotatable bonds is 5. The van der Waals surface area contributed by atoms with Crippen molar-refractivity contribution in [2.24, 2.45) is 0 Å². The van der Waals surface area contributed by atoms with E-state index in [1.807, 2.05) is 24.3 Å². The topological polar surface area (TPSA) is 64.1 Å². The minimum atomic E-state index is -0.461. The first-order valence-electron chi connectivity index (χ1n) is 7.17. The molecule has 0 atom stereocenters. The largest absolute Gasteiger partial charge is 0.496 e. The van der Waals surface area contributed by atoms with Gasteiger partial charge >= 0.3 is 0 Å². The average Bonchev–Trinajstić information content (AvgIpc) is 3.02. The first kappa shape index (κ1) is 16.1. The standard InChI is InChI=1S/C17H14FN3O2S/c1-23-14-8-3-2-5-11(14)10-15-20-21-17(24-15)19-16(22)12-6-4-7-13(18)9-12/h2-9H,10H2,1H3,(H,19,21,22). The van der Waals surface area contributed by atoms with Crippen molar-refractivity contribution in [3.63, 3.8) is 0 Å². The Morgan fingerprint density at radius 2 is 2.04 bits per heavy atom. The number of halogens is 1. The number of methoxy groups -OCH3 is 1. The third-order valence-electron chi connectivity index (χ3n) is 3.31. The highest BCUT2D eigenvalue weighted by molar-refractivity contribution is 7.15. The molecule has 24 heavy (non-hydrogen) atoms. The fourth-order valence-corrected chi connectivity index (χ4v) is 2.94. The van der Waals surface area contributed by atoms with Gasteiger partial charge in [0.25, 0.3) is 5.91 Å². The number of hydrogen-bond donors (Lipinski definition) is 1. The van der Waals surface area contributed by atoms with E-state index in [0.717, 1.165) is 16.3 Å². The van der Waals surface area contributed by atoms with Gasteiger partial charge in [0.2, 0.25) is 5.13 Å². The maximum Gasteiger partial charge on any atom is 0.257 e. The Morgan fingerprint density at radius 1 is 1.21 bits per heavy atom. The van der Waals surface area contributed by atoms with Crippen LogP contribution in [0.3, 0.4) is 0 Å². The molecule has 1 heterocycles. The van der Waals surface area contributed by atoms with Crippen molar-refractivity contribution in [3.05, 3.63) is 70.5 Å². The van der Waals surface area contributed by atoms with Crippen LogP contribution in [0.25, 0.3) is 0 Å². The van der Waals surface area contributed by atoms with Gasteiger partial charge in [-0.25, -0.2) is 4.39 Å². The van der Waals surface area contributed by atoms with E-state index in [-0.39, 0.29) is 5.56 Å². The van der Waals surface area contributed by atoms with Gasteiger partial charge < -0.3 is 4.74 Å². The Balaban J connectivity index is 1.70. The van der Waals surface area contributed by atoms with Crippen LogP contribution in [0, 0.1) is 5.82 Å². The summed E-state index contributed by atoms with van der Waals surface area (Å²) < 4.78 is 18.5. The van der Waals surface area contributed by atoms with Gasteiger partial charge in [0.1, 0.15) is 16.6 Å². The first-order valence-corrected chi connectivity index (χ1v) is 7.98. The quantitative estimate of drug-likeness (QED) is 0.770. The van der Waals surface area contributed by atoms with Crippen LogP contribution < -0.4 is 10.1 Å². The van der Waals surface area contributed by atoms with Crippen LogP contribution in [-0.2, 0) is 6.42 Å². The van der Waals surface area contributed by atoms with Gasteiger partial charge in [0.15, 0.2) is 0 Å². The highest BCUT2D eigenvalue weighted by Gasteiger charge is 2.12. The Morgan fingerprint density at radius 3 is 2.83 bits per heavy atom. The molecule has 0 unspecified atom stereocenters. The van der Waals surface area contributed by atoms with Crippen molar-refractivity contribution >= 4 is 22.4 Å². The molecule has 1 amide bonds. The SMILES string of the molecule is COc1ccccc1Cc1nnc(NC(=O)c2cccc(F)c2)s1. The van der Waals surface area contributed by atoms with Gasteiger partial charge in [0, 0.05) is 17.5 Å². The lowest BCUT2D eigenvalue weighted by Crippen LogP contribution is -2.11. The van der Waals surface area contributed by atoms with Crippen molar-refractivity contribution in [2.45, 2.75) is 6.42 Å². The van der Waals surface area contributed by atoms with E-state index in [2.05, 4.69) is 15.5 Å². The fraction of sp³-hybridized carbons (Fsp3) is 0.118. The summed E-state index contributed by atoms with van der Waals surface area (Å²) in [6.45, 7) is 0. The predicted molar refractivity (Wildman–Crippen MR) is 90.1 cm³/mol. The molecule has 0 fully saturated rings. The van der Waals surface area contributed by atoms with Crippen molar-refractivity contribution in [1.29, 1.82) is 0 Å². The number of anilines is 1. The van der Waals surface area contributed by atoms with Crippen molar-refractivity contribution in [1.82, 2.24) is 10.2 Å². The second-order valence-corrected chi connectivity index (χ2v) is 6.02. The maximum atomic E-state index is 13.2. The molecule has 5 nitrogen and oxygen atoms in total. The molecule has 0 saturated carbocycles. The van der Waals surface area contributed by atoms with E-state index in [9.17, 15) is 9.18 Å². The van der Waals surface area contributed by atoms with Gasteiger partial charge in [-0.2, -0.15) is 0 Å². The molecule has 0 aliphatic rings. The molecule has 122 valence electrons. The number of aromatic nitrogens is 2. The highest BCUT2D eigenvalue weighted by Crippen LogP contribution is 2.24. The van der Waals surface area contributed by atoms with Crippen molar-refractivity contribution in [2.75, 3.05) is 12.4 Å². The molecule has 0 bridgehead atoms. The van der Waals surface area contributed by atoms with Crippen molar-refractivity contribution in [3.8, 4) is 5.75 Å². The molecule has 7 heteroatoms. The minimum absolute atomic E-state index is 0.233. The summed E-state index contributed by atoms with van der Waals surface area (Å²) in [6, 6.07) is 13.1. The summed E-state index contributed by atoms with van der Waals surface area (Å²) in [7, 11) is 1.61. The lowest BCUT2D eigenvalue weighted by atomic mass is 10.1. The molecule has 0 aliphatic carbocycles. The molecule has 3 aromatic rings. The number of hydrogen-bond acceptors (Lipinski definition) is 5. The summed E-state index contributed by atoms with van der Waals surface area (Å²) in [4.78, 5) is 12.1. The van der Waals surface area contributed by atoms with Gasteiger partial charge in [-0.05, 0) is 24.3 Å². The predicted octanol–water partition coefficient (Wildman–Crippen LogP) is 3.53. The van der Waals surface area contributed by atoms with E-state index >= 15 is 0 Å². The Kier molecular flexibility index (Phi) is 4.81. The Hall–Kier alpha value is -2.80. The van der Waals surface area contributed by atoms with Crippen LogP contribution in [0.15, 0.2) is 48.5 Å². The number of nitrogens with one attached hydrogen (secondary N) is 1. The van der Waals surface area contributed by atoms with E-state index < -0.39 is 11.7 Å². The number of carbonyl (C=O) groups excluding carboxylic acids is 1. The lowest BCUT2D eigenvalue weighted by molar-refractivity contribution is 0.102. The molecule has 1 N–H and O–H groups in total. The average molecular weight is 343 g/mol. The van der Waals surface area contributed by atoms with Crippen LogP contribution in [0.2, 0.25) is 0 Å². The van der Waals surface area contributed by atoms with Gasteiger partial charge in [-0.1, -0.05) is 35.6 Å². The number of benzene rings is 2. The summed E-state index contributed by atoms with van der Waals surface area (Å²) in [6.07, 6.45) is 0.553. The van der Waals surface area contributed by atoms with Crippen molar-refractivity contribution < 1.29 is 13.9 Å². The number of para-hydroxylation sites is 1. The second-order valence-electron chi connectivity index (χ2n) is 4.95. The molecule has 0 radical (unpaired) electrons. The Labute approximate surface area is 142 Å². The second kappa shape index (κ2) is 7.18. The summed E-state index contributed by atoms with van der Waals surface area (Å²) in [5, 5.41) is 11.8. The number of nitrogens with zero attached hydrogens (tertiary/aromatic N) is 2. The zero-order valence-electron chi connectivity index (χ0n) is 12.8. The summed E-state index contributed by atoms with van der Waals surface area (Å²) in [5.41, 5.74) is 1.22. The highest BCUT2D eigenvalue weighted by atomic mass is 32.1. The monoisotopic (exact) mass is 343 g/mol. The normalized spacial score (nSPS) is 10.4. The van der Waals surface area contributed by atoms with Crippen LogP contribution in [0.5, 0.6) is 5.75 Å². The van der Waals surface area contributed by atoms with E-state index in [0.29, 0.717) is 11.6 Å². The van der Waals surface area contributed by atoms with Crippen LogP contribution in [-0.4, -0.2) is 23.2 Å². The van der Waals surface area contributed by atoms with E-state index in [1.165, 1.54) is 35.6 Å². The molecule has 1 aromatic heterocycles. The summed E-state index contributed by atoms with van der Waals surface area (Å²) >= 11 is 1.27. The molecule has 3 rings (SSSR count). The number of amides is 1. The van der Waals surface area contributed by atoms with Crippen LogP contribution in [0.1, 0.15) is 20.9 Å². The summed E-state index contributed by atoms with van der Waals surface area (Å²) in [5.74, 6) is -0.107. The minimum Gasteiger partial charge on any atom is -0.496 e.